The first kappa shape index (κ1) is 11.6. The molecule has 0 amide bonds. The van der Waals surface area contributed by atoms with E-state index in [9.17, 15) is 5.11 Å². The summed E-state index contributed by atoms with van der Waals surface area (Å²) in [6.45, 7) is 1.42. The van der Waals surface area contributed by atoms with E-state index in [0.717, 1.165) is 16.6 Å². The molecule has 2 rings (SSSR count). The number of nitrogens with one attached hydrogen (secondary N) is 1. The molecule has 0 spiro atoms. The van der Waals surface area contributed by atoms with Crippen molar-refractivity contribution >= 4 is 27.3 Å². The van der Waals surface area contributed by atoms with Crippen molar-refractivity contribution in [2.75, 3.05) is 0 Å². The molecule has 1 heterocycles. The zero-order valence-electron chi connectivity index (χ0n) is 8.48. The minimum Gasteiger partial charge on any atom is -0.506 e. The van der Waals surface area contributed by atoms with Crippen LogP contribution in [0.15, 0.2) is 34.4 Å². The molecule has 0 aliphatic rings. The van der Waals surface area contributed by atoms with Gasteiger partial charge in [0.15, 0.2) is 0 Å². The van der Waals surface area contributed by atoms with E-state index in [1.165, 1.54) is 4.88 Å². The molecule has 5 heteroatoms. The molecule has 0 radical (unpaired) electrons. The standard InChI is InChI=1S/C11H11BrN2OS/c12-10-3-1-2-8(11(10)15)4-13-5-9-6-14-7-16-9/h1-3,6-7,13,15H,4-5H2. The molecule has 84 valence electrons. The third-order valence-corrected chi connectivity index (χ3v) is 3.59. The summed E-state index contributed by atoms with van der Waals surface area (Å²) in [6, 6.07) is 5.63. The van der Waals surface area contributed by atoms with Crippen LogP contribution in [0, 0.1) is 0 Å². The molecule has 1 aromatic heterocycles. The van der Waals surface area contributed by atoms with Gasteiger partial charge in [0, 0.05) is 29.7 Å². The van der Waals surface area contributed by atoms with Crippen LogP contribution >= 0.6 is 27.3 Å². The Balaban J connectivity index is 1.92. The summed E-state index contributed by atoms with van der Waals surface area (Å²) < 4.78 is 0.726. The Morgan fingerprint density at radius 3 is 3.00 bits per heavy atom. The maximum Gasteiger partial charge on any atom is 0.134 e. The lowest BCUT2D eigenvalue weighted by Gasteiger charge is -2.06. The summed E-state index contributed by atoms with van der Waals surface area (Å²) in [7, 11) is 0. The van der Waals surface area contributed by atoms with Gasteiger partial charge >= 0.3 is 0 Å². The highest BCUT2D eigenvalue weighted by Gasteiger charge is 2.04. The summed E-state index contributed by atoms with van der Waals surface area (Å²) in [5, 5.41) is 13.0. The van der Waals surface area contributed by atoms with E-state index in [2.05, 4.69) is 26.2 Å². The van der Waals surface area contributed by atoms with Crippen LogP contribution in [-0.4, -0.2) is 10.1 Å². The molecular formula is C11H11BrN2OS. The number of hydrogen-bond donors (Lipinski definition) is 2. The average Bonchev–Trinajstić information content (AvgIpc) is 2.77. The second-order valence-corrected chi connectivity index (χ2v) is 5.14. The Morgan fingerprint density at radius 1 is 1.38 bits per heavy atom. The van der Waals surface area contributed by atoms with Crippen LogP contribution in [0.25, 0.3) is 0 Å². The van der Waals surface area contributed by atoms with Gasteiger partial charge in [-0.25, -0.2) is 0 Å². The molecular weight excluding hydrogens is 288 g/mol. The fourth-order valence-corrected chi connectivity index (χ4v) is 2.32. The van der Waals surface area contributed by atoms with E-state index in [4.69, 9.17) is 0 Å². The van der Waals surface area contributed by atoms with E-state index < -0.39 is 0 Å². The van der Waals surface area contributed by atoms with Gasteiger partial charge < -0.3 is 10.4 Å². The molecule has 3 nitrogen and oxygen atoms in total. The molecule has 16 heavy (non-hydrogen) atoms. The minimum atomic E-state index is 0.305. The zero-order chi connectivity index (χ0) is 11.4. The molecule has 0 saturated carbocycles. The Labute approximate surface area is 106 Å². The SMILES string of the molecule is Oc1c(Br)cccc1CNCc1cncs1. The minimum absolute atomic E-state index is 0.305. The first-order valence-corrected chi connectivity index (χ1v) is 6.49. The average molecular weight is 299 g/mol. The number of phenols is 1. The predicted molar refractivity (Wildman–Crippen MR) is 68.5 cm³/mol. The monoisotopic (exact) mass is 298 g/mol. The van der Waals surface area contributed by atoms with E-state index in [1.807, 2.05) is 29.9 Å². The maximum atomic E-state index is 9.76. The third-order valence-electron chi connectivity index (χ3n) is 2.17. The fraction of sp³-hybridized carbons (Fsp3) is 0.182. The quantitative estimate of drug-likeness (QED) is 0.912. The third kappa shape index (κ3) is 2.81. The van der Waals surface area contributed by atoms with Crippen molar-refractivity contribution < 1.29 is 5.11 Å². The molecule has 0 atom stereocenters. The lowest BCUT2D eigenvalue weighted by molar-refractivity contribution is 0.461. The Kier molecular flexibility index (Phi) is 3.93. The topological polar surface area (TPSA) is 45.1 Å². The first-order chi connectivity index (χ1) is 7.77. The highest BCUT2D eigenvalue weighted by atomic mass is 79.9. The molecule has 0 bridgehead atoms. The van der Waals surface area contributed by atoms with Crippen molar-refractivity contribution in [2.24, 2.45) is 0 Å². The van der Waals surface area contributed by atoms with Crippen LogP contribution in [0.1, 0.15) is 10.4 Å². The van der Waals surface area contributed by atoms with Crippen molar-refractivity contribution in [1.29, 1.82) is 0 Å². The Bertz CT molecular complexity index is 459. The molecule has 2 N–H and O–H groups in total. The summed E-state index contributed by atoms with van der Waals surface area (Å²) in [4.78, 5) is 5.19. The number of benzene rings is 1. The number of aromatic hydroxyl groups is 1. The molecule has 0 fully saturated rings. The number of phenolic OH excluding ortho intramolecular Hbond substituents is 1. The van der Waals surface area contributed by atoms with E-state index in [0.29, 0.717) is 12.3 Å². The number of hydrogen-bond acceptors (Lipinski definition) is 4. The largest absolute Gasteiger partial charge is 0.506 e. The van der Waals surface area contributed by atoms with E-state index >= 15 is 0 Å². The maximum absolute atomic E-state index is 9.76. The number of halogens is 1. The van der Waals surface area contributed by atoms with Gasteiger partial charge in [-0.2, -0.15) is 0 Å². The second kappa shape index (κ2) is 5.43. The van der Waals surface area contributed by atoms with Gasteiger partial charge in [-0.15, -0.1) is 11.3 Å². The summed E-state index contributed by atoms with van der Waals surface area (Å²) >= 11 is 4.91. The number of aromatic nitrogens is 1. The fourth-order valence-electron chi connectivity index (χ4n) is 1.35. The van der Waals surface area contributed by atoms with Gasteiger partial charge in [-0.3, -0.25) is 4.98 Å². The van der Waals surface area contributed by atoms with E-state index in [-0.39, 0.29) is 0 Å². The normalized spacial score (nSPS) is 10.6. The van der Waals surface area contributed by atoms with Gasteiger partial charge in [-0.1, -0.05) is 12.1 Å². The molecule has 2 aromatic rings. The van der Waals surface area contributed by atoms with Crippen LogP contribution in [0.4, 0.5) is 0 Å². The van der Waals surface area contributed by atoms with Gasteiger partial charge in [0.2, 0.25) is 0 Å². The van der Waals surface area contributed by atoms with Crippen LogP contribution in [0.5, 0.6) is 5.75 Å². The van der Waals surface area contributed by atoms with Gasteiger partial charge in [0.05, 0.1) is 9.98 Å². The van der Waals surface area contributed by atoms with Crippen LogP contribution in [0.2, 0.25) is 0 Å². The molecule has 0 saturated heterocycles. The summed E-state index contributed by atoms with van der Waals surface area (Å²) in [5.41, 5.74) is 2.70. The van der Waals surface area contributed by atoms with Crippen molar-refractivity contribution in [2.45, 2.75) is 13.1 Å². The van der Waals surface area contributed by atoms with Crippen molar-refractivity contribution in [1.82, 2.24) is 10.3 Å². The van der Waals surface area contributed by atoms with Gasteiger partial charge in [0.25, 0.3) is 0 Å². The highest BCUT2D eigenvalue weighted by molar-refractivity contribution is 9.10. The molecule has 0 aliphatic carbocycles. The van der Waals surface area contributed by atoms with Crippen molar-refractivity contribution in [3.05, 3.63) is 44.8 Å². The van der Waals surface area contributed by atoms with Crippen LogP contribution < -0.4 is 5.32 Å². The smallest absolute Gasteiger partial charge is 0.134 e. The van der Waals surface area contributed by atoms with Crippen LogP contribution in [-0.2, 0) is 13.1 Å². The summed E-state index contributed by atoms with van der Waals surface area (Å²) in [5.74, 6) is 0.305. The molecule has 0 aliphatic heterocycles. The van der Waals surface area contributed by atoms with Crippen molar-refractivity contribution in [3.63, 3.8) is 0 Å². The second-order valence-electron chi connectivity index (χ2n) is 3.32. The highest BCUT2D eigenvalue weighted by Crippen LogP contribution is 2.27. The number of nitrogens with zero attached hydrogens (tertiary/aromatic N) is 1. The number of rotatable bonds is 4. The summed E-state index contributed by atoms with van der Waals surface area (Å²) in [6.07, 6.45) is 1.85. The van der Waals surface area contributed by atoms with Gasteiger partial charge in [-0.05, 0) is 22.0 Å². The number of thiazole rings is 1. The Hall–Kier alpha value is -0.910. The Morgan fingerprint density at radius 2 is 2.25 bits per heavy atom. The zero-order valence-corrected chi connectivity index (χ0v) is 10.9. The molecule has 0 unspecified atom stereocenters. The van der Waals surface area contributed by atoms with Gasteiger partial charge in [0.1, 0.15) is 5.75 Å². The van der Waals surface area contributed by atoms with E-state index in [1.54, 1.807) is 11.3 Å². The lowest BCUT2D eigenvalue weighted by Crippen LogP contribution is -2.11. The van der Waals surface area contributed by atoms with Crippen LogP contribution in [0.3, 0.4) is 0 Å². The molecule has 1 aromatic carbocycles. The first-order valence-electron chi connectivity index (χ1n) is 4.82. The number of para-hydroxylation sites is 1. The predicted octanol–water partition coefficient (Wildman–Crippen LogP) is 2.90. The lowest BCUT2D eigenvalue weighted by atomic mass is 10.2. The van der Waals surface area contributed by atoms with Crippen molar-refractivity contribution in [3.8, 4) is 5.75 Å².